The van der Waals surface area contributed by atoms with E-state index in [9.17, 15) is 30.3 Å². The van der Waals surface area contributed by atoms with Crippen LogP contribution in [0.1, 0.15) is 84.0 Å². The lowest BCUT2D eigenvalue weighted by molar-refractivity contribution is -0.302. The van der Waals surface area contributed by atoms with Gasteiger partial charge in [-0.15, -0.1) is 0 Å². The first kappa shape index (κ1) is 32.9. The first-order chi connectivity index (χ1) is 17.3. The minimum atomic E-state index is -1.58. The number of carbonyl (C=O) groups excluding carboxylic acids is 1. The zero-order chi connectivity index (χ0) is 26.8. The zero-order valence-corrected chi connectivity index (χ0v) is 21.8. The highest BCUT2D eigenvalue weighted by atomic mass is 16.7. The molecule has 1 saturated heterocycles. The van der Waals surface area contributed by atoms with Crippen molar-refractivity contribution in [1.29, 1.82) is 0 Å². The largest absolute Gasteiger partial charge is 0.394 e. The third-order valence-corrected chi connectivity index (χ3v) is 6.54. The van der Waals surface area contributed by atoms with Crippen LogP contribution in [0, 0.1) is 0 Å². The third-order valence-electron chi connectivity index (χ3n) is 6.54. The van der Waals surface area contributed by atoms with Gasteiger partial charge in [-0.25, -0.2) is 0 Å². The minimum Gasteiger partial charge on any atom is -0.394 e. The van der Waals surface area contributed by atoms with E-state index in [0.717, 1.165) is 19.3 Å². The van der Waals surface area contributed by atoms with Crippen molar-refractivity contribution in [3.8, 4) is 0 Å². The average molecular weight is 519 g/mol. The molecule has 1 rings (SSSR count). The van der Waals surface area contributed by atoms with Gasteiger partial charge < -0.3 is 46.1 Å². The number of allylic oxidation sites excluding steroid dienone is 1. The van der Waals surface area contributed by atoms with Crippen LogP contribution in [-0.2, 0) is 14.3 Å². The molecule has 1 aliphatic heterocycles. The molecule has 7 atom stereocenters. The smallest absolute Gasteiger partial charge is 0.234 e. The van der Waals surface area contributed by atoms with Gasteiger partial charge in [0, 0.05) is 0 Å². The molecule has 1 amide bonds. The first-order valence-electron chi connectivity index (χ1n) is 13.6. The van der Waals surface area contributed by atoms with Crippen molar-refractivity contribution in [2.75, 3.05) is 19.8 Å². The van der Waals surface area contributed by atoms with Crippen LogP contribution in [0.5, 0.6) is 0 Å². The Balaban J connectivity index is 2.37. The number of nitrogens with two attached hydrogens (primary N) is 1. The average Bonchev–Trinajstić information content (AvgIpc) is 2.88. The van der Waals surface area contributed by atoms with E-state index in [0.29, 0.717) is 0 Å². The predicted octanol–water partition coefficient (Wildman–Crippen LogP) is 0.865. The van der Waals surface area contributed by atoms with Crippen LogP contribution in [0.4, 0.5) is 0 Å². The quantitative estimate of drug-likeness (QED) is 0.0910. The Kier molecular flexibility index (Phi) is 18.2. The summed E-state index contributed by atoms with van der Waals surface area (Å²) in [5, 5.41) is 52.3. The van der Waals surface area contributed by atoms with Crippen LogP contribution in [0.25, 0.3) is 0 Å². The number of nitrogens with one attached hydrogen (secondary N) is 1. The highest BCUT2D eigenvalue weighted by Crippen LogP contribution is 2.22. The molecule has 0 spiro atoms. The van der Waals surface area contributed by atoms with Gasteiger partial charge in [0.05, 0.1) is 31.9 Å². The molecule has 10 heteroatoms. The maximum atomic E-state index is 11.8. The molecule has 0 aliphatic carbocycles. The Morgan fingerprint density at radius 3 is 2.11 bits per heavy atom. The molecule has 1 heterocycles. The first-order valence-corrected chi connectivity index (χ1v) is 13.6. The molecule has 212 valence electrons. The van der Waals surface area contributed by atoms with Crippen molar-refractivity contribution in [1.82, 2.24) is 5.32 Å². The molecule has 0 radical (unpaired) electrons. The maximum absolute atomic E-state index is 11.8. The second kappa shape index (κ2) is 19.9. The number of aliphatic hydroxyl groups excluding tert-OH is 5. The number of hydrogen-bond donors (Lipinski definition) is 7. The van der Waals surface area contributed by atoms with Crippen LogP contribution >= 0.6 is 0 Å². The van der Waals surface area contributed by atoms with E-state index in [1.165, 1.54) is 57.8 Å². The van der Waals surface area contributed by atoms with E-state index in [1.54, 1.807) is 6.08 Å². The molecule has 0 saturated carbocycles. The van der Waals surface area contributed by atoms with Crippen molar-refractivity contribution < 1.29 is 39.8 Å². The molecular weight excluding hydrogens is 468 g/mol. The second-order valence-corrected chi connectivity index (χ2v) is 9.65. The molecule has 0 aromatic heterocycles. The number of unbranched alkanes of at least 4 members (excludes halogenated alkanes) is 11. The topological polar surface area (TPSA) is 175 Å². The number of hydrogen-bond acceptors (Lipinski definition) is 9. The summed E-state index contributed by atoms with van der Waals surface area (Å²) >= 11 is 0. The van der Waals surface area contributed by atoms with Crippen molar-refractivity contribution in [2.45, 2.75) is 127 Å². The SMILES string of the molecule is CCCCCCCCCCCCC/C=C/[C@@H](O)[C@H](CO[C@@H]1O[C@H](CO)[C@H](O)[C@H](O)[C@H]1O)NC(=O)CN. The fourth-order valence-electron chi connectivity index (χ4n) is 4.19. The van der Waals surface area contributed by atoms with E-state index >= 15 is 0 Å². The van der Waals surface area contributed by atoms with Gasteiger partial charge in [0.25, 0.3) is 0 Å². The van der Waals surface area contributed by atoms with E-state index in [-0.39, 0.29) is 13.2 Å². The number of carbonyl (C=O) groups is 1. The summed E-state index contributed by atoms with van der Waals surface area (Å²) in [5.74, 6) is -0.491. The predicted molar refractivity (Wildman–Crippen MR) is 137 cm³/mol. The summed E-state index contributed by atoms with van der Waals surface area (Å²) in [6.07, 6.45) is 9.95. The Morgan fingerprint density at radius 2 is 1.56 bits per heavy atom. The van der Waals surface area contributed by atoms with Crippen LogP contribution < -0.4 is 11.1 Å². The zero-order valence-electron chi connectivity index (χ0n) is 21.8. The fourth-order valence-corrected chi connectivity index (χ4v) is 4.19. The summed E-state index contributed by atoms with van der Waals surface area (Å²) in [6.45, 7) is 1.13. The molecule has 0 aromatic rings. The van der Waals surface area contributed by atoms with Crippen LogP contribution in [0.3, 0.4) is 0 Å². The van der Waals surface area contributed by atoms with Crippen molar-refractivity contribution in [3.05, 3.63) is 12.2 Å². The molecule has 36 heavy (non-hydrogen) atoms. The van der Waals surface area contributed by atoms with E-state index < -0.39 is 55.4 Å². The van der Waals surface area contributed by atoms with Gasteiger partial charge in [-0.1, -0.05) is 83.3 Å². The molecule has 1 fully saturated rings. The Morgan fingerprint density at radius 1 is 0.972 bits per heavy atom. The van der Waals surface area contributed by atoms with E-state index in [2.05, 4.69) is 12.2 Å². The number of amides is 1. The molecular formula is C26H50N2O8. The normalized spacial score (nSPS) is 26.2. The maximum Gasteiger partial charge on any atom is 0.234 e. The van der Waals surface area contributed by atoms with E-state index in [4.69, 9.17) is 15.2 Å². The number of ether oxygens (including phenoxy) is 2. The standard InChI is InChI=1S/C26H50N2O8/c1-2-3-4-5-6-7-8-9-10-11-12-13-14-15-20(30)19(28-22(31)16-27)18-35-26-25(34)24(33)23(32)21(17-29)36-26/h14-15,19-21,23-26,29-30,32-34H,2-13,16-18,27H2,1H3,(H,28,31)/b15-14+/t19-,20+,21+,23-,24-,25+,26+/m0/s1. The van der Waals surface area contributed by atoms with E-state index in [1.807, 2.05) is 6.08 Å². The lowest BCUT2D eigenvalue weighted by atomic mass is 9.99. The summed E-state index contributed by atoms with van der Waals surface area (Å²) in [7, 11) is 0. The van der Waals surface area contributed by atoms with Crippen LogP contribution in [-0.4, -0.2) is 94.1 Å². The number of aliphatic hydroxyl groups is 5. The van der Waals surface area contributed by atoms with Crippen molar-refractivity contribution in [2.24, 2.45) is 5.73 Å². The molecule has 0 aromatic carbocycles. The third kappa shape index (κ3) is 12.9. The van der Waals surface area contributed by atoms with Crippen LogP contribution in [0.15, 0.2) is 12.2 Å². The van der Waals surface area contributed by atoms with Gasteiger partial charge in [-0.3, -0.25) is 4.79 Å². The summed E-state index contributed by atoms with van der Waals surface area (Å²) in [6, 6.07) is -0.873. The Hall–Kier alpha value is -1.11. The monoisotopic (exact) mass is 518 g/mol. The molecule has 0 unspecified atom stereocenters. The Labute approximate surface area is 215 Å². The van der Waals surface area contributed by atoms with Crippen molar-refractivity contribution in [3.63, 3.8) is 0 Å². The minimum absolute atomic E-state index is 0.252. The van der Waals surface area contributed by atoms with Crippen molar-refractivity contribution >= 4 is 5.91 Å². The lowest BCUT2D eigenvalue weighted by Crippen LogP contribution is -2.60. The number of rotatable bonds is 20. The molecule has 0 bridgehead atoms. The van der Waals surface area contributed by atoms with Gasteiger partial charge in [0.15, 0.2) is 6.29 Å². The van der Waals surface area contributed by atoms with Gasteiger partial charge in [-0.2, -0.15) is 0 Å². The van der Waals surface area contributed by atoms with Gasteiger partial charge >= 0.3 is 0 Å². The van der Waals surface area contributed by atoms with Gasteiger partial charge in [0.2, 0.25) is 5.91 Å². The molecule has 8 N–H and O–H groups in total. The second-order valence-electron chi connectivity index (χ2n) is 9.65. The highest BCUT2D eigenvalue weighted by molar-refractivity contribution is 5.78. The summed E-state index contributed by atoms with van der Waals surface area (Å²) < 4.78 is 10.8. The lowest BCUT2D eigenvalue weighted by Gasteiger charge is -2.40. The van der Waals surface area contributed by atoms with Crippen LogP contribution in [0.2, 0.25) is 0 Å². The van der Waals surface area contributed by atoms with Gasteiger partial charge in [0.1, 0.15) is 24.4 Å². The highest BCUT2D eigenvalue weighted by Gasteiger charge is 2.44. The summed E-state index contributed by atoms with van der Waals surface area (Å²) in [5.41, 5.74) is 5.37. The molecule has 1 aliphatic rings. The van der Waals surface area contributed by atoms with Gasteiger partial charge in [-0.05, 0) is 12.8 Å². The molecule has 10 nitrogen and oxygen atoms in total. The fraction of sp³-hybridized carbons (Fsp3) is 0.885. The Bertz CT molecular complexity index is 592. The summed E-state index contributed by atoms with van der Waals surface area (Å²) in [4.78, 5) is 11.8.